The highest BCUT2D eigenvalue weighted by molar-refractivity contribution is 8.01. The number of thioether (sulfide) groups is 1. The normalized spacial score (nSPS) is 10.4. The molecule has 26 heavy (non-hydrogen) atoms. The van der Waals surface area contributed by atoms with Gasteiger partial charge in [0.1, 0.15) is 5.75 Å². The molecule has 1 amide bonds. The van der Waals surface area contributed by atoms with E-state index in [2.05, 4.69) is 20.8 Å². The number of nitrogens with zero attached hydrogens (tertiary/aromatic N) is 2. The SMILES string of the molecule is COc1ccc(Cl)cc1NC(=O)CSc1nnc(Nc2ccccc2)s1. The lowest BCUT2D eigenvalue weighted by atomic mass is 10.3. The van der Waals surface area contributed by atoms with E-state index >= 15 is 0 Å². The van der Waals surface area contributed by atoms with E-state index in [1.807, 2.05) is 30.3 Å². The molecule has 0 aliphatic rings. The Kier molecular flexibility index (Phi) is 6.32. The monoisotopic (exact) mass is 406 g/mol. The summed E-state index contributed by atoms with van der Waals surface area (Å²) in [5, 5.41) is 15.3. The number of para-hydroxylation sites is 1. The van der Waals surface area contributed by atoms with Gasteiger partial charge in [-0.25, -0.2) is 0 Å². The average molecular weight is 407 g/mol. The number of carbonyl (C=O) groups is 1. The van der Waals surface area contributed by atoms with Gasteiger partial charge in [0.05, 0.1) is 18.6 Å². The van der Waals surface area contributed by atoms with Gasteiger partial charge in [-0.05, 0) is 30.3 Å². The maximum Gasteiger partial charge on any atom is 0.234 e. The van der Waals surface area contributed by atoms with Crippen LogP contribution in [0.5, 0.6) is 5.75 Å². The zero-order valence-corrected chi connectivity index (χ0v) is 16.1. The molecule has 0 unspecified atom stereocenters. The molecule has 0 aliphatic carbocycles. The highest BCUT2D eigenvalue weighted by atomic mass is 35.5. The van der Waals surface area contributed by atoms with Gasteiger partial charge in [-0.1, -0.05) is 52.9 Å². The molecule has 0 atom stereocenters. The van der Waals surface area contributed by atoms with Crippen LogP contribution in [0.3, 0.4) is 0 Å². The van der Waals surface area contributed by atoms with Crippen LogP contribution in [0.2, 0.25) is 5.02 Å². The van der Waals surface area contributed by atoms with Crippen molar-refractivity contribution in [2.45, 2.75) is 4.34 Å². The molecular weight excluding hydrogens is 392 g/mol. The van der Waals surface area contributed by atoms with E-state index in [-0.39, 0.29) is 11.7 Å². The first-order valence-electron chi connectivity index (χ1n) is 7.56. The van der Waals surface area contributed by atoms with E-state index in [0.717, 1.165) is 5.69 Å². The molecular formula is C17H15ClN4O2S2. The molecule has 6 nitrogen and oxygen atoms in total. The van der Waals surface area contributed by atoms with Crippen molar-refractivity contribution < 1.29 is 9.53 Å². The van der Waals surface area contributed by atoms with E-state index in [9.17, 15) is 4.79 Å². The van der Waals surface area contributed by atoms with Gasteiger partial charge in [-0.15, -0.1) is 10.2 Å². The van der Waals surface area contributed by atoms with Gasteiger partial charge in [0.25, 0.3) is 0 Å². The fraction of sp³-hybridized carbons (Fsp3) is 0.118. The van der Waals surface area contributed by atoms with Crippen molar-refractivity contribution in [1.29, 1.82) is 0 Å². The zero-order valence-electron chi connectivity index (χ0n) is 13.7. The van der Waals surface area contributed by atoms with Crippen LogP contribution in [0.25, 0.3) is 0 Å². The van der Waals surface area contributed by atoms with Crippen LogP contribution < -0.4 is 15.4 Å². The summed E-state index contributed by atoms with van der Waals surface area (Å²) < 4.78 is 5.92. The fourth-order valence-electron chi connectivity index (χ4n) is 2.06. The molecule has 0 fully saturated rings. The number of anilines is 3. The zero-order chi connectivity index (χ0) is 18.4. The van der Waals surface area contributed by atoms with Crippen molar-refractivity contribution in [2.75, 3.05) is 23.5 Å². The number of methoxy groups -OCH3 is 1. The molecule has 0 bridgehead atoms. The van der Waals surface area contributed by atoms with Crippen LogP contribution in [-0.4, -0.2) is 29.0 Å². The molecule has 0 saturated heterocycles. The molecule has 0 saturated carbocycles. The van der Waals surface area contributed by atoms with Crippen LogP contribution in [0.15, 0.2) is 52.9 Å². The summed E-state index contributed by atoms with van der Waals surface area (Å²) in [6, 6.07) is 14.8. The molecule has 9 heteroatoms. The Balaban J connectivity index is 1.54. The van der Waals surface area contributed by atoms with Gasteiger partial charge in [0.15, 0.2) is 4.34 Å². The largest absolute Gasteiger partial charge is 0.495 e. The number of benzene rings is 2. The molecule has 2 N–H and O–H groups in total. The van der Waals surface area contributed by atoms with Crippen molar-refractivity contribution in [2.24, 2.45) is 0 Å². The lowest BCUT2D eigenvalue weighted by Gasteiger charge is -2.09. The minimum atomic E-state index is -0.177. The summed E-state index contributed by atoms with van der Waals surface area (Å²) in [5.74, 6) is 0.580. The van der Waals surface area contributed by atoms with E-state index in [4.69, 9.17) is 16.3 Å². The summed E-state index contributed by atoms with van der Waals surface area (Å²) in [5.41, 5.74) is 1.47. The van der Waals surface area contributed by atoms with Gasteiger partial charge in [-0.3, -0.25) is 4.79 Å². The maximum absolute atomic E-state index is 12.2. The molecule has 0 spiro atoms. The Morgan fingerprint density at radius 2 is 2.04 bits per heavy atom. The summed E-state index contributed by atoms with van der Waals surface area (Å²) in [4.78, 5) is 12.2. The number of nitrogens with one attached hydrogen (secondary N) is 2. The van der Waals surface area contributed by atoms with E-state index < -0.39 is 0 Å². The Labute approximate surface area is 163 Å². The first-order chi connectivity index (χ1) is 12.6. The molecule has 3 rings (SSSR count). The van der Waals surface area contributed by atoms with Crippen molar-refractivity contribution >= 4 is 57.1 Å². The average Bonchev–Trinajstić information content (AvgIpc) is 3.08. The third-order valence-electron chi connectivity index (χ3n) is 3.19. The second-order valence-electron chi connectivity index (χ2n) is 5.05. The summed E-state index contributed by atoms with van der Waals surface area (Å²) in [6.07, 6.45) is 0. The number of carbonyl (C=O) groups excluding carboxylic acids is 1. The summed E-state index contributed by atoms with van der Waals surface area (Å²) in [6.45, 7) is 0. The molecule has 0 aliphatic heterocycles. The highest BCUT2D eigenvalue weighted by Crippen LogP contribution is 2.30. The lowest BCUT2D eigenvalue weighted by Crippen LogP contribution is -2.14. The van der Waals surface area contributed by atoms with E-state index in [0.29, 0.717) is 25.9 Å². The number of amides is 1. The fourth-order valence-corrected chi connectivity index (χ4v) is 3.80. The Morgan fingerprint density at radius 3 is 2.81 bits per heavy atom. The minimum absolute atomic E-state index is 0.177. The van der Waals surface area contributed by atoms with Crippen LogP contribution in [-0.2, 0) is 4.79 Å². The molecule has 1 heterocycles. The molecule has 134 valence electrons. The minimum Gasteiger partial charge on any atom is -0.495 e. The van der Waals surface area contributed by atoms with Crippen LogP contribution in [0.4, 0.5) is 16.5 Å². The lowest BCUT2D eigenvalue weighted by molar-refractivity contribution is -0.113. The van der Waals surface area contributed by atoms with Gasteiger partial charge in [-0.2, -0.15) is 0 Å². The number of aromatic nitrogens is 2. The predicted molar refractivity (Wildman–Crippen MR) is 107 cm³/mol. The first kappa shape index (κ1) is 18.5. The second kappa shape index (κ2) is 8.88. The van der Waals surface area contributed by atoms with Gasteiger partial charge >= 0.3 is 0 Å². The van der Waals surface area contributed by atoms with Crippen LogP contribution in [0.1, 0.15) is 0 Å². The highest BCUT2D eigenvalue weighted by Gasteiger charge is 2.11. The molecule has 2 aromatic carbocycles. The van der Waals surface area contributed by atoms with Crippen LogP contribution >= 0.6 is 34.7 Å². The summed E-state index contributed by atoms with van der Waals surface area (Å²) in [7, 11) is 1.54. The van der Waals surface area contributed by atoms with Gasteiger partial charge in [0.2, 0.25) is 11.0 Å². The topological polar surface area (TPSA) is 76.1 Å². The van der Waals surface area contributed by atoms with Crippen molar-refractivity contribution in [1.82, 2.24) is 10.2 Å². The number of ether oxygens (including phenoxy) is 1. The van der Waals surface area contributed by atoms with Gasteiger partial charge < -0.3 is 15.4 Å². The third-order valence-corrected chi connectivity index (χ3v) is 5.40. The van der Waals surface area contributed by atoms with Crippen LogP contribution in [0, 0.1) is 0 Å². The number of hydrogen-bond donors (Lipinski definition) is 2. The smallest absolute Gasteiger partial charge is 0.234 e. The number of hydrogen-bond acceptors (Lipinski definition) is 7. The summed E-state index contributed by atoms with van der Waals surface area (Å²) >= 11 is 8.67. The number of halogens is 1. The quantitative estimate of drug-likeness (QED) is 0.555. The van der Waals surface area contributed by atoms with E-state index in [1.54, 1.807) is 18.2 Å². The Hall–Kier alpha value is -2.29. The Morgan fingerprint density at radius 1 is 1.23 bits per heavy atom. The van der Waals surface area contributed by atoms with Gasteiger partial charge in [0, 0.05) is 10.7 Å². The maximum atomic E-state index is 12.2. The second-order valence-corrected chi connectivity index (χ2v) is 7.68. The van der Waals surface area contributed by atoms with E-state index in [1.165, 1.54) is 30.2 Å². The molecule has 0 radical (unpaired) electrons. The predicted octanol–water partition coefficient (Wildman–Crippen LogP) is 4.67. The third kappa shape index (κ3) is 5.10. The number of rotatable bonds is 7. The molecule has 1 aromatic heterocycles. The molecule has 3 aromatic rings. The van der Waals surface area contributed by atoms with Crippen molar-refractivity contribution in [3.05, 3.63) is 53.6 Å². The van der Waals surface area contributed by atoms with Crippen molar-refractivity contribution in [3.63, 3.8) is 0 Å². The first-order valence-corrected chi connectivity index (χ1v) is 9.74. The Bertz CT molecular complexity index is 889. The van der Waals surface area contributed by atoms with Crippen molar-refractivity contribution in [3.8, 4) is 5.75 Å². The standard InChI is InChI=1S/C17H15ClN4O2S2/c1-24-14-8-7-11(18)9-13(14)20-15(23)10-25-17-22-21-16(26-17)19-12-5-3-2-4-6-12/h2-9H,10H2,1H3,(H,19,21)(H,20,23).